The maximum Gasteiger partial charge on any atom is 0.193 e. The van der Waals surface area contributed by atoms with E-state index in [0.29, 0.717) is 6.54 Å². The first kappa shape index (κ1) is 21.1. The molecule has 1 aromatic carbocycles. The lowest BCUT2D eigenvalue weighted by molar-refractivity contribution is 0.382. The molecule has 0 aliphatic heterocycles. The molecular formula is C17H26IN5O2. The third-order valence-corrected chi connectivity index (χ3v) is 3.66. The minimum absolute atomic E-state index is 0. The first-order valence-corrected chi connectivity index (χ1v) is 7.78. The van der Waals surface area contributed by atoms with Gasteiger partial charge in [-0.2, -0.15) is 5.10 Å². The van der Waals surface area contributed by atoms with Crippen molar-refractivity contribution >= 4 is 29.9 Å². The van der Waals surface area contributed by atoms with Crippen LogP contribution in [-0.4, -0.2) is 55.5 Å². The van der Waals surface area contributed by atoms with Crippen molar-refractivity contribution in [1.82, 2.24) is 20.0 Å². The van der Waals surface area contributed by atoms with Gasteiger partial charge in [0.2, 0.25) is 0 Å². The Morgan fingerprint density at radius 3 is 2.72 bits per heavy atom. The smallest absolute Gasteiger partial charge is 0.193 e. The zero-order chi connectivity index (χ0) is 17.4. The summed E-state index contributed by atoms with van der Waals surface area (Å²) in [5.74, 6) is 2.40. The molecule has 0 saturated heterocycles. The molecule has 0 fully saturated rings. The van der Waals surface area contributed by atoms with Gasteiger partial charge in [-0.25, -0.2) is 0 Å². The Morgan fingerprint density at radius 2 is 2.12 bits per heavy atom. The highest BCUT2D eigenvalue weighted by molar-refractivity contribution is 14.0. The predicted molar refractivity (Wildman–Crippen MR) is 110 cm³/mol. The van der Waals surface area contributed by atoms with Gasteiger partial charge in [0.1, 0.15) is 11.5 Å². The lowest BCUT2D eigenvalue weighted by Crippen LogP contribution is -2.39. The fourth-order valence-corrected chi connectivity index (χ4v) is 2.41. The van der Waals surface area contributed by atoms with Crippen LogP contribution in [0.1, 0.15) is 5.56 Å². The Morgan fingerprint density at radius 1 is 1.32 bits per heavy atom. The minimum atomic E-state index is 0. The monoisotopic (exact) mass is 459 g/mol. The van der Waals surface area contributed by atoms with Crippen molar-refractivity contribution in [3.63, 3.8) is 0 Å². The van der Waals surface area contributed by atoms with Gasteiger partial charge in [-0.3, -0.25) is 9.67 Å². The molecule has 0 spiro atoms. The van der Waals surface area contributed by atoms with Gasteiger partial charge in [-0.1, -0.05) is 0 Å². The van der Waals surface area contributed by atoms with Gasteiger partial charge in [0.25, 0.3) is 0 Å². The normalized spacial score (nSPS) is 10.8. The summed E-state index contributed by atoms with van der Waals surface area (Å²) in [5, 5.41) is 7.52. The van der Waals surface area contributed by atoms with Gasteiger partial charge in [0, 0.05) is 51.2 Å². The number of aromatic nitrogens is 2. The summed E-state index contributed by atoms with van der Waals surface area (Å²) in [7, 11) is 7.08. The van der Waals surface area contributed by atoms with Crippen LogP contribution in [0.5, 0.6) is 11.5 Å². The molecule has 2 aromatic rings. The summed E-state index contributed by atoms with van der Waals surface area (Å²) < 4.78 is 12.6. The highest BCUT2D eigenvalue weighted by Crippen LogP contribution is 2.25. The Hall–Kier alpha value is -1.97. The Balaban J connectivity index is 0.00000312. The predicted octanol–water partition coefficient (Wildman–Crippen LogP) is 2.23. The van der Waals surface area contributed by atoms with Gasteiger partial charge in [-0.15, -0.1) is 24.0 Å². The van der Waals surface area contributed by atoms with Gasteiger partial charge in [0.05, 0.1) is 20.8 Å². The van der Waals surface area contributed by atoms with E-state index in [2.05, 4.69) is 15.4 Å². The van der Waals surface area contributed by atoms with E-state index >= 15 is 0 Å². The molecule has 2 rings (SSSR count). The van der Waals surface area contributed by atoms with Gasteiger partial charge >= 0.3 is 0 Å². The summed E-state index contributed by atoms with van der Waals surface area (Å²) in [5.41, 5.74) is 1.07. The summed E-state index contributed by atoms with van der Waals surface area (Å²) in [4.78, 5) is 6.38. The zero-order valence-corrected chi connectivity index (χ0v) is 17.4. The van der Waals surface area contributed by atoms with Crippen LogP contribution in [0.2, 0.25) is 0 Å². The van der Waals surface area contributed by atoms with E-state index in [9.17, 15) is 0 Å². The Labute approximate surface area is 166 Å². The van der Waals surface area contributed by atoms with Gasteiger partial charge in [-0.05, 0) is 18.2 Å². The average Bonchev–Trinajstić information content (AvgIpc) is 3.12. The average molecular weight is 459 g/mol. The second-order valence-corrected chi connectivity index (χ2v) is 5.28. The molecule has 1 N–H and O–H groups in total. The van der Waals surface area contributed by atoms with Crippen LogP contribution in [0.15, 0.2) is 41.7 Å². The number of nitrogens with zero attached hydrogens (tertiary/aromatic N) is 4. The first-order chi connectivity index (χ1) is 11.7. The molecule has 0 saturated carbocycles. The van der Waals surface area contributed by atoms with Crippen molar-refractivity contribution < 1.29 is 9.47 Å². The highest BCUT2D eigenvalue weighted by Gasteiger charge is 2.11. The van der Waals surface area contributed by atoms with Crippen molar-refractivity contribution in [3.05, 3.63) is 42.2 Å². The molecule has 1 aromatic heterocycles. The molecule has 0 amide bonds. The molecule has 0 radical (unpaired) electrons. The lowest BCUT2D eigenvalue weighted by atomic mass is 10.2. The van der Waals surface area contributed by atoms with Crippen LogP contribution in [0.3, 0.4) is 0 Å². The number of guanidine groups is 1. The second-order valence-electron chi connectivity index (χ2n) is 5.28. The Bertz CT molecular complexity index is 661. The maximum absolute atomic E-state index is 5.45. The quantitative estimate of drug-likeness (QED) is 0.391. The van der Waals surface area contributed by atoms with E-state index in [1.807, 2.05) is 47.1 Å². The van der Waals surface area contributed by atoms with Crippen LogP contribution in [0.4, 0.5) is 0 Å². The number of halogens is 1. The molecular weight excluding hydrogens is 433 g/mol. The number of methoxy groups -OCH3 is 2. The van der Waals surface area contributed by atoms with E-state index in [4.69, 9.17) is 9.47 Å². The molecule has 1 heterocycles. The summed E-state index contributed by atoms with van der Waals surface area (Å²) in [6, 6.07) is 7.73. The van der Waals surface area contributed by atoms with E-state index in [1.165, 1.54) is 0 Å². The Kier molecular flexibility index (Phi) is 9.11. The van der Waals surface area contributed by atoms with Crippen LogP contribution in [-0.2, 0) is 13.1 Å². The fourth-order valence-electron chi connectivity index (χ4n) is 2.41. The van der Waals surface area contributed by atoms with E-state index in [0.717, 1.165) is 36.1 Å². The number of aliphatic imine (C=N–C) groups is 1. The van der Waals surface area contributed by atoms with E-state index < -0.39 is 0 Å². The summed E-state index contributed by atoms with van der Waals surface area (Å²) >= 11 is 0. The van der Waals surface area contributed by atoms with Crippen molar-refractivity contribution in [2.45, 2.75) is 13.1 Å². The molecule has 8 heteroatoms. The molecule has 0 aliphatic carbocycles. The number of hydrogen-bond acceptors (Lipinski definition) is 4. The third-order valence-electron chi connectivity index (χ3n) is 3.66. The number of hydrogen-bond donors (Lipinski definition) is 1. The molecule has 25 heavy (non-hydrogen) atoms. The number of benzene rings is 1. The largest absolute Gasteiger partial charge is 0.497 e. The standard InChI is InChI=1S/C17H25N5O2.HI/c1-18-17(19-9-11-22-10-5-8-20-22)21(2)13-14-6-7-15(23-3)12-16(14)24-4;/h5-8,10,12H,9,11,13H2,1-4H3,(H,18,19);1H. The maximum atomic E-state index is 5.45. The molecule has 7 nitrogen and oxygen atoms in total. The van der Waals surface area contributed by atoms with Crippen molar-refractivity contribution in [2.75, 3.05) is 34.9 Å². The third kappa shape index (κ3) is 6.11. The SMILES string of the molecule is CN=C(NCCn1cccn1)N(C)Cc1ccc(OC)cc1OC.I. The summed E-state index contributed by atoms with van der Waals surface area (Å²) in [6.07, 6.45) is 3.72. The number of ether oxygens (including phenoxy) is 2. The van der Waals surface area contributed by atoms with E-state index in [1.54, 1.807) is 27.5 Å². The molecule has 138 valence electrons. The highest BCUT2D eigenvalue weighted by atomic mass is 127. The zero-order valence-electron chi connectivity index (χ0n) is 15.1. The van der Waals surface area contributed by atoms with Gasteiger partial charge in [0.15, 0.2) is 5.96 Å². The van der Waals surface area contributed by atoms with E-state index in [-0.39, 0.29) is 24.0 Å². The van der Waals surface area contributed by atoms with Crippen LogP contribution in [0, 0.1) is 0 Å². The molecule has 0 unspecified atom stereocenters. The fraction of sp³-hybridized carbons (Fsp3) is 0.412. The van der Waals surface area contributed by atoms with Crippen molar-refractivity contribution in [1.29, 1.82) is 0 Å². The van der Waals surface area contributed by atoms with Crippen molar-refractivity contribution in [2.24, 2.45) is 4.99 Å². The number of nitrogens with one attached hydrogen (secondary N) is 1. The molecule has 0 aliphatic rings. The van der Waals surface area contributed by atoms with Crippen LogP contribution >= 0.6 is 24.0 Å². The van der Waals surface area contributed by atoms with Gasteiger partial charge < -0.3 is 19.7 Å². The lowest BCUT2D eigenvalue weighted by Gasteiger charge is -2.23. The van der Waals surface area contributed by atoms with Crippen LogP contribution < -0.4 is 14.8 Å². The van der Waals surface area contributed by atoms with Crippen molar-refractivity contribution in [3.8, 4) is 11.5 Å². The minimum Gasteiger partial charge on any atom is -0.497 e. The molecule has 0 bridgehead atoms. The number of rotatable bonds is 7. The first-order valence-electron chi connectivity index (χ1n) is 7.78. The second kappa shape index (κ2) is 10.8. The van der Waals surface area contributed by atoms with Crippen LogP contribution in [0.25, 0.3) is 0 Å². The summed E-state index contributed by atoms with van der Waals surface area (Å²) in [6.45, 7) is 2.21. The molecule has 0 atom stereocenters. The topological polar surface area (TPSA) is 63.9 Å².